The number of ether oxygens (including phenoxy) is 1. The zero-order valence-corrected chi connectivity index (χ0v) is 11.1. The molecule has 17 heavy (non-hydrogen) atoms. The van der Waals surface area contributed by atoms with Crippen molar-refractivity contribution < 1.29 is 9.15 Å². The molecular weight excluding hydrogens is 286 g/mol. The molecular formula is C11H12BrN3O2. The van der Waals surface area contributed by atoms with Crippen LogP contribution in [0, 0.1) is 0 Å². The van der Waals surface area contributed by atoms with Crippen LogP contribution < -0.4 is 4.74 Å². The Balaban J connectivity index is 2.37. The first kappa shape index (κ1) is 12.0. The number of hydrogen-bond donors (Lipinski definition) is 0. The molecule has 2 heterocycles. The monoisotopic (exact) mass is 297 g/mol. The molecule has 0 bridgehead atoms. The highest BCUT2D eigenvalue weighted by Gasteiger charge is 2.17. The SMILES string of the molecule is CCC(Br)c1nnc(-c2ccncc2OC)o1. The summed E-state index contributed by atoms with van der Waals surface area (Å²) < 4.78 is 10.8. The second-order valence-electron chi connectivity index (χ2n) is 3.40. The van der Waals surface area contributed by atoms with Crippen molar-refractivity contribution in [2.75, 3.05) is 7.11 Å². The molecule has 2 aromatic rings. The normalized spacial score (nSPS) is 12.4. The summed E-state index contributed by atoms with van der Waals surface area (Å²) in [6, 6.07) is 1.78. The summed E-state index contributed by atoms with van der Waals surface area (Å²) in [7, 11) is 1.58. The molecule has 0 fully saturated rings. The number of halogens is 1. The Morgan fingerprint density at radius 1 is 1.47 bits per heavy atom. The molecule has 0 aliphatic rings. The molecule has 1 atom stereocenters. The van der Waals surface area contributed by atoms with Crippen molar-refractivity contribution >= 4 is 15.9 Å². The van der Waals surface area contributed by atoms with Gasteiger partial charge in [0.25, 0.3) is 5.89 Å². The van der Waals surface area contributed by atoms with Crippen LogP contribution in [0.5, 0.6) is 5.75 Å². The molecule has 6 heteroatoms. The fourth-order valence-electron chi connectivity index (χ4n) is 1.36. The van der Waals surface area contributed by atoms with Crippen LogP contribution in [0.4, 0.5) is 0 Å². The number of aromatic nitrogens is 3. The van der Waals surface area contributed by atoms with Crippen LogP contribution >= 0.6 is 15.9 Å². The Bertz CT molecular complexity index is 501. The van der Waals surface area contributed by atoms with E-state index < -0.39 is 0 Å². The average Bonchev–Trinajstić information content (AvgIpc) is 2.87. The van der Waals surface area contributed by atoms with Crippen LogP contribution in [0.2, 0.25) is 0 Å². The summed E-state index contributed by atoms with van der Waals surface area (Å²) in [4.78, 5) is 4.06. The van der Waals surface area contributed by atoms with Gasteiger partial charge in [-0.3, -0.25) is 4.98 Å². The van der Waals surface area contributed by atoms with Gasteiger partial charge in [0.1, 0.15) is 5.75 Å². The molecule has 0 saturated carbocycles. The highest BCUT2D eigenvalue weighted by Crippen LogP contribution is 2.31. The van der Waals surface area contributed by atoms with Gasteiger partial charge >= 0.3 is 0 Å². The lowest BCUT2D eigenvalue weighted by molar-refractivity contribution is 0.411. The first-order valence-corrected chi connectivity index (χ1v) is 6.13. The van der Waals surface area contributed by atoms with Gasteiger partial charge in [0.15, 0.2) is 0 Å². The van der Waals surface area contributed by atoms with Crippen molar-refractivity contribution in [3.63, 3.8) is 0 Å². The summed E-state index contributed by atoms with van der Waals surface area (Å²) in [6.07, 6.45) is 4.16. The molecule has 0 N–H and O–H groups in total. The molecule has 0 amide bonds. The number of pyridine rings is 1. The maximum absolute atomic E-state index is 5.59. The van der Waals surface area contributed by atoms with Crippen molar-refractivity contribution in [1.82, 2.24) is 15.2 Å². The molecule has 2 rings (SSSR count). The van der Waals surface area contributed by atoms with E-state index in [0.717, 1.165) is 12.0 Å². The maximum Gasteiger partial charge on any atom is 0.251 e. The molecule has 5 nitrogen and oxygen atoms in total. The largest absolute Gasteiger partial charge is 0.494 e. The summed E-state index contributed by atoms with van der Waals surface area (Å²) in [5.41, 5.74) is 0.747. The Morgan fingerprint density at radius 2 is 2.29 bits per heavy atom. The van der Waals surface area contributed by atoms with Crippen molar-refractivity contribution in [2.24, 2.45) is 0 Å². The standard InChI is InChI=1S/C11H12BrN3O2/c1-3-8(12)11-15-14-10(17-11)7-4-5-13-6-9(7)16-2/h4-6,8H,3H2,1-2H3. The Labute approximate surface area is 107 Å². The molecule has 0 saturated heterocycles. The molecule has 0 spiro atoms. The quantitative estimate of drug-likeness (QED) is 0.812. The van der Waals surface area contributed by atoms with Crippen LogP contribution in [-0.4, -0.2) is 22.3 Å². The molecule has 1 unspecified atom stereocenters. The Hall–Kier alpha value is -1.43. The lowest BCUT2D eigenvalue weighted by Gasteiger charge is -2.03. The lowest BCUT2D eigenvalue weighted by atomic mass is 10.2. The van der Waals surface area contributed by atoms with Gasteiger partial charge in [-0.05, 0) is 12.5 Å². The molecule has 0 aromatic carbocycles. The van der Waals surface area contributed by atoms with Crippen molar-refractivity contribution in [2.45, 2.75) is 18.2 Å². The van der Waals surface area contributed by atoms with Crippen LogP contribution in [0.25, 0.3) is 11.5 Å². The fraction of sp³-hybridized carbons (Fsp3) is 0.364. The van der Waals surface area contributed by atoms with Crippen LogP contribution in [0.1, 0.15) is 24.1 Å². The smallest absolute Gasteiger partial charge is 0.251 e. The van der Waals surface area contributed by atoms with Crippen molar-refractivity contribution in [1.29, 1.82) is 0 Å². The van der Waals surface area contributed by atoms with Crippen molar-refractivity contribution in [3.8, 4) is 17.2 Å². The molecule has 0 aliphatic carbocycles. The zero-order valence-electron chi connectivity index (χ0n) is 9.55. The molecule has 90 valence electrons. The lowest BCUT2D eigenvalue weighted by Crippen LogP contribution is -1.88. The van der Waals surface area contributed by atoms with E-state index in [2.05, 4.69) is 31.1 Å². The molecule has 2 aromatic heterocycles. The van der Waals surface area contributed by atoms with Gasteiger partial charge in [0.05, 0.1) is 23.7 Å². The van der Waals surface area contributed by atoms with E-state index in [1.807, 2.05) is 6.92 Å². The number of nitrogens with zero attached hydrogens (tertiary/aromatic N) is 3. The molecule has 0 radical (unpaired) electrons. The highest BCUT2D eigenvalue weighted by atomic mass is 79.9. The van der Waals surface area contributed by atoms with E-state index in [4.69, 9.17) is 9.15 Å². The van der Waals surface area contributed by atoms with Gasteiger partial charge in [0, 0.05) is 6.20 Å². The Morgan fingerprint density at radius 3 is 3.00 bits per heavy atom. The van der Waals surface area contributed by atoms with E-state index in [9.17, 15) is 0 Å². The van der Waals surface area contributed by atoms with Gasteiger partial charge < -0.3 is 9.15 Å². The highest BCUT2D eigenvalue weighted by molar-refractivity contribution is 9.09. The minimum absolute atomic E-state index is 0.0802. The summed E-state index contributed by atoms with van der Waals surface area (Å²) in [5, 5.41) is 8.01. The minimum Gasteiger partial charge on any atom is -0.494 e. The predicted octanol–water partition coefficient (Wildman–Crippen LogP) is 2.99. The number of rotatable bonds is 4. The van der Waals surface area contributed by atoms with Crippen LogP contribution in [0.3, 0.4) is 0 Å². The number of methoxy groups -OCH3 is 1. The van der Waals surface area contributed by atoms with E-state index in [-0.39, 0.29) is 4.83 Å². The second kappa shape index (κ2) is 5.27. The zero-order chi connectivity index (χ0) is 12.3. The van der Waals surface area contributed by atoms with Gasteiger partial charge in [-0.2, -0.15) is 0 Å². The Kier molecular flexibility index (Phi) is 3.73. The first-order valence-electron chi connectivity index (χ1n) is 5.22. The molecule has 0 aliphatic heterocycles. The third-order valence-electron chi connectivity index (χ3n) is 2.30. The van der Waals surface area contributed by atoms with Gasteiger partial charge in [0.2, 0.25) is 5.89 Å². The van der Waals surface area contributed by atoms with Gasteiger partial charge in [-0.1, -0.05) is 22.9 Å². The van der Waals surface area contributed by atoms with Gasteiger partial charge in [-0.25, -0.2) is 0 Å². The fourth-order valence-corrected chi connectivity index (χ4v) is 1.55. The minimum atomic E-state index is 0.0802. The average molecular weight is 298 g/mol. The van der Waals surface area contributed by atoms with E-state index in [1.165, 1.54) is 0 Å². The van der Waals surface area contributed by atoms with Crippen molar-refractivity contribution in [3.05, 3.63) is 24.4 Å². The predicted molar refractivity (Wildman–Crippen MR) is 66.0 cm³/mol. The third-order valence-corrected chi connectivity index (χ3v) is 3.34. The first-order chi connectivity index (χ1) is 8.26. The van der Waals surface area contributed by atoms with E-state index in [1.54, 1.807) is 25.6 Å². The van der Waals surface area contributed by atoms with E-state index in [0.29, 0.717) is 17.5 Å². The number of hydrogen-bond acceptors (Lipinski definition) is 5. The summed E-state index contributed by atoms with van der Waals surface area (Å²) in [5.74, 6) is 1.63. The maximum atomic E-state index is 5.59. The van der Waals surface area contributed by atoms with Gasteiger partial charge in [-0.15, -0.1) is 10.2 Å². The van der Waals surface area contributed by atoms with E-state index >= 15 is 0 Å². The topological polar surface area (TPSA) is 61.0 Å². The summed E-state index contributed by atoms with van der Waals surface area (Å²) >= 11 is 3.47. The summed E-state index contributed by atoms with van der Waals surface area (Å²) in [6.45, 7) is 2.04. The second-order valence-corrected chi connectivity index (χ2v) is 4.50. The van der Waals surface area contributed by atoms with Crippen LogP contribution in [0.15, 0.2) is 22.9 Å². The van der Waals surface area contributed by atoms with Crippen LogP contribution in [-0.2, 0) is 0 Å². The number of alkyl halides is 1. The third kappa shape index (κ3) is 2.46.